The lowest BCUT2D eigenvalue weighted by atomic mass is 10.1. The standard InChI is InChI=1S/C7H9N3O3/c11-7(12)6-2-1-4-5(3-13-6)9-10-8-4/h6H,1-3H2,(H,11,12)(H,8,9,10). The van der Waals surface area contributed by atoms with Gasteiger partial charge in [0, 0.05) is 0 Å². The van der Waals surface area contributed by atoms with Crippen molar-refractivity contribution in [2.24, 2.45) is 0 Å². The molecule has 0 fully saturated rings. The van der Waals surface area contributed by atoms with E-state index in [1.54, 1.807) is 0 Å². The van der Waals surface area contributed by atoms with E-state index < -0.39 is 12.1 Å². The van der Waals surface area contributed by atoms with Gasteiger partial charge in [0.1, 0.15) is 5.69 Å². The number of carboxylic acid groups (broad SMARTS) is 1. The van der Waals surface area contributed by atoms with Gasteiger partial charge in [-0.3, -0.25) is 0 Å². The Balaban J connectivity index is 2.12. The van der Waals surface area contributed by atoms with Crippen molar-refractivity contribution in [3.05, 3.63) is 11.4 Å². The Bertz CT molecular complexity index is 300. The Hall–Kier alpha value is -1.43. The van der Waals surface area contributed by atoms with Gasteiger partial charge in [0.15, 0.2) is 6.10 Å². The molecule has 1 atom stereocenters. The van der Waals surface area contributed by atoms with Gasteiger partial charge in [0.2, 0.25) is 0 Å². The lowest BCUT2D eigenvalue weighted by Gasteiger charge is -2.07. The summed E-state index contributed by atoms with van der Waals surface area (Å²) in [5, 5.41) is 18.9. The van der Waals surface area contributed by atoms with Gasteiger partial charge in [-0.1, -0.05) is 0 Å². The number of carboxylic acids is 1. The summed E-state index contributed by atoms with van der Waals surface area (Å²) in [6, 6.07) is 0. The average Bonchev–Trinajstić information content (AvgIpc) is 2.44. The van der Waals surface area contributed by atoms with E-state index in [1.165, 1.54) is 0 Å². The Labute approximate surface area is 73.9 Å². The molecular weight excluding hydrogens is 174 g/mol. The summed E-state index contributed by atoms with van der Waals surface area (Å²) in [5.41, 5.74) is 1.52. The molecule has 0 amide bonds. The smallest absolute Gasteiger partial charge is 0.332 e. The number of ether oxygens (including phenoxy) is 1. The summed E-state index contributed by atoms with van der Waals surface area (Å²) in [7, 11) is 0. The van der Waals surface area contributed by atoms with Crippen LogP contribution in [0.1, 0.15) is 17.8 Å². The average molecular weight is 183 g/mol. The molecule has 2 rings (SSSR count). The second kappa shape index (κ2) is 3.14. The molecule has 1 aliphatic rings. The Morgan fingerprint density at radius 1 is 1.54 bits per heavy atom. The van der Waals surface area contributed by atoms with Crippen molar-refractivity contribution in [3.8, 4) is 0 Å². The highest BCUT2D eigenvalue weighted by Crippen LogP contribution is 2.15. The summed E-state index contributed by atoms with van der Waals surface area (Å²) in [6.07, 6.45) is 0.327. The highest BCUT2D eigenvalue weighted by atomic mass is 16.5. The van der Waals surface area contributed by atoms with Crippen LogP contribution in [0.4, 0.5) is 0 Å². The van der Waals surface area contributed by atoms with E-state index in [4.69, 9.17) is 9.84 Å². The second-order valence-electron chi connectivity index (χ2n) is 2.89. The van der Waals surface area contributed by atoms with E-state index in [0.717, 1.165) is 5.69 Å². The highest BCUT2D eigenvalue weighted by molar-refractivity contribution is 5.72. The number of aliphatic carboxylic acids is 1. The van der Waals surface area contributed by atoms with Crippen molar-refractivity contribution in [2.75, 3.05) is 0 Å². The SMILES string of the molecule is O=C(O)C1CCc2n[nH]nc2CO1. The van der Waals surface area contributed by atoms with Crippen molar-refractivity contribution in [1.82, 2.24) is 15.4 Å². The van der Waals surface area contributed by atoms with Crippen LogP contribution in [-0.2, 0) is 22.6 Å². The maximum absolute atomic E-state index is 10.6. The van der Waals surface area contributed by atoms with Crippen molar-refractivity contribution < 1.29 is 14.6 Å². The quantitative estimate of drug-likeness (QED) is 0.625. The first-order valence-electron chi connectivity index (χ1n) is 4.00. The minimum atomic E-state index is -0.922. The van der Waals surface area contributed by atoms with E-state index in [0.29, 0.717) is 18.5 Å². The summed E-state index contributed by atoms with van der Waals surface area (Å²) >= 11 is 0. The molecule has 0 saturated carbocycles. The van der Waals surface area contributed by atoms with Crippen LogP contribution in [0, 0.1) is 0 Å². The first-order chi connectivity index (χ1) is 6.27. The number of fused-ring (bicyclic) bond motifs is 1. The molecule has 2 N–H and O–H groups in total. The van der Waals surface area contributed by atoms with E-state index in [9.17, 15) is 4.79 Å². The van der Waals surface area contributed by atoms with Gasteiger partial charge in [0.25, 0.3) is 0 Å². The predicted octanol–water partition coefficient (Wildman–Crippen LogP) is -0.279. The van der Waals surface area contributed by atoms with Crippen LogP contribution >= 0.6 is 0 Å². The summed E-state index contributed by atoms with van der Waals surface area (Å²) in [4.78, 5) is 10.6. The molecule has 1 unspecified atom stereocenters. The topological polar surface area (TPSA) is 88.1 Å². The van der Waals surface area contributed by atoms with Crippen molar-refractivity contribution >= 4 is 5.97 Å². The number of aryl methyl sites for hydroxylation is 1. The number of carbonyl (C=O) groups is 1. The monoisotopic (exact) mass is 183 g/mol. The first-order valence-corrected chi connectivity index (χ1v) is 4.00. The molecule has 0 aliphatic carbocycles. The van der Waals surface area contributed by atoms with Gasteiger partial charge in [0.05, 0.1) is 12.3 Å². The molecule has 0 bridgehead atoms. The number of rotatable bonds is 1. The van der Waals surface area contributed by atoms with Crippen LogP contribution in [0.2, 0.25) is 0 Å². The van der Waals surface area contributed by atoms with E-state index >= 15 is 0 Å². The lowest BCUT2D eigenvalue weighted by Crippen LogP contribution is -2.22. The van der Waals surface area contributed by atoms with E-state index in [2.05, 4.69) is 15.4 Å². The van der Waals surface area contributed by atoms with Crippen molar-refractivity contribution in [1.29, 1.82) is 0 Å². The molecule has 13 heavy (non-hydrogen) atoms. The number of hydrogen-bond donors (Lipinski definition) is 2. The fourth-order valence-electron chi connectivity index (χ4n) is 1.32. The molecule has 6 heteroatoms. The number of hydrogen-bond acceptors (Lipinski definition) is 4. The van der Waals surface area contributed by atoms with Gasteiger partial charge < -0.3 is 9.84 Å². The van der Waals surface area contributed by atoms with E-state index in [-0.39, 0.29) is 6.61 Å². The summed E-state index contributed by atoms with van der Waals surface area (Å²) < 4.78 is 5.13. The van der Waals surface area contributed by atoms with Gasteiger partial charge >= 0.3 is 5.97 Å². The zero-order chi connectivity index (χ0) is 9.26. The molecule has 0 saturated heterocycles. The van der Waals surface area contributed by atoms with Gasteiger partial charge in [-0.15, -0.1) is 0 Å². The van der Waals surface area contributed by atoms with Gasteiger partial charge in [-0.2, -0.15) is 15.4 Å². The fourth-order valence-corrected chi connectivity index (χ4v) is 1.32. The van der Waals surface area contributed by atoms with Crippen LogP contribution in [0.3, 0.4) is 0 Å². The van der Waals surface area contributed by atoms with Gasteiger partial charge in [-0.25, -0.2) is 4.79 Å². The number of nitrogens with zero attached hydrogens (tertiary/aromatic N) is 2. The van der Waals surface area contributed by atoms with Crippen molar-refractivity contribution in [2.45, 2.75) is 25.6 Å². The van der Waals surface area contributed by atoms with Crippen LogP contribution in [-0.4, -0.2) is 32.6 Å². The number of aromatic nitrogens is 3. The van der Waals surface area contributed by atoms with Gasteiger partial charge in [-0.05, 0) is 12.8 Å². The molecule has 0 radical (unpaired) electrons. The third-order valence-electron chi connectivity index (χ3n) is 2.04. The van der Waals surface area contributed by atoms with Crippen LogP contribution in [0.5, 0.6) is 0 Å². The van der Waals surface area contributed by atoms with E-state index in [1.807, 2.05) is 0 Å². The molecule has 6 nitrogen and oxygen atoms in total. The summed E-state index contributed by atoms with van der Waals surface area (Å²) in [5.74, 6) is -0.922. The minimum absolute atomic E-state index is 0.225. The molecule has 70 valence electrons. The second-order valence-corrected chi connectivity index (χ2v) is 2.89. The molecular formula is C7H9N3O3. The fraction of sp³-hybridized carbons (Fsp3) is 0.571. The third kappa shape index (κ3) is 1.52. The molecule has 1 aliphatic heterocycles. The summed E-state index contributed by atoms with van der Waals surface area (Å²) in [6.45, 7) is 0.225. The van der Waals surface area contributed by atoms with Crippen LogP contribution in [0.25, 0.3) is 0 Å². The minimum Gasteiger partial charge on any atom is -0.479 e. The van der Waals surface area contributed by atoms with Crippen molar-refractivity contribution in [3.63, 3.8) is 0 Å². The maximum atomic E-state index is 10.6. The number of aromatic amines is 1. The first kappa shape index (κ1) is 8.18. The molecule has 1 aromatic heterocycles. The number of nitrogens with one attached hydrogen (secondary N) is 1. The lowest BCUT2D eigenvalue weighted by molar-refractivity contribution is -0.151. The predicted molar refractivity (Wildman–Crippen MR) is 40.9 cm³/mol. The molecule has 0 spiro atoms. The van der Waals surface area contributed by atoms with Crippen LogP contribution in [0.15, 0.2) is 0 Å². The Kier molecular flexibility index (Phi) is 1.97. The Morgan fingerprint density at radius 3 is 3.08 bits per heavy atom. The molecule has 2 heterocycles. The normalized spacial score (nSPS) is 22.0. The largest absolute Gasteiger partial charge is 0.479 e. The molecule has 0 aromatic carbocycles. The number of H-pyrrole nitrogens is 1. The zero-order valence-electron chi connectivity index (χ0n) is 6.86. The highest BCUT2D eigenvalue weighted by Gasteiger charge is 2.24. The maximum Gasteiger partial charge on any atom is 0.332 e. The third-order valence-corrected chi connectivity index (χ3v) is 2.04. The Morgan fingerprint density at radius 2 is 2.31 bits per heavy atom. The zero-order valence-corrected chi connectivity index (χ0v) is 6.86. The van der Waals surface area contributed by atoms with Crippen LogP contribution < -0.4 is 0 Å². The molecule has 1 aromatic rings.